The van der Waals surface area contributed by atoms with E-state index < -0.39 is 5.97 Å². The third kappa shape index (κ3) is 5.00. The van der Waals surface area contributed by atoms with Crippen LogP contribution in [-0.4, -0.2) is 65.2 Å². The summed E-state index contributed by atoms with van der Waals surface area (Å²) in [5.41, 5.74) is 0. The first-order valence-corrected chi connectivity index (χ1v) is 7.46. The van der Waals surface area contributed by atoms with Crippen molar-refractivity contribution in [1.82, 2.24) is 15.1 Å². The fourth-order valence-electron chi connectivity index (χ4n) is 2.44. The number of nitrogens with one attached hydrogen (secondary N) is 1. The van der Waals surface area contributed by atoms with Crippen molar-refractivity contribution in [2.24, 2.45) is 0 Å². The monoisotopic (exact) mass is 285 g/mol. The van der Waals surface area contributed by atoms with Crippen LogP contribution >= 0.6 is 0 Å². The highest BCUT2D eigenvalue weighted by Gasteiger charge is 2.23. The molecule has 2 atom stereocenters. The average Bonchev–Trinajstić information content (AvgIpc) is 2.94. The van der Waals surface area contributed by atoms with E-state index in [0.717, 1.165) is 19.5 Å². The van der Waals surface area contributed by atoms with Crippen LogP contribution in [0, 0.1) is 0 Å². The number of carboxylic acid groups (broad SMARTS) is 1. The number of aliphatic carboxylic acids is 1. The second kappa shape index (κ2) is 8.09. The zero-order valence-electron chi connectivity index (χ0n) is 12.8. The predicted octanol–water partition coefficient (Wildman–Crippen LogP) is 1.37. The van der Waals surface area contributed by atoms with Crippen molar-refractivity contribution in [3.8, 4) is 0 Å². The van der Waals surface area contributed by atoms with E-state index in [0.29, 0.717) is 12.6 Å². The number of carbonyl (C=O) groups excluding carboxylic acids is 1. The number of nitrogens with zero attached hydrogens (tertiary/aromatic N) is 2. The third-order valence-electron chi connectivity index (χ3n) is 4.00. The van der Waals surface area contributed by atoms with Crippen LogP contribution in [0.2, 0.25) is 0 Å². The van der Waals surface area contributed by atoms with E-state index >= 15 is 0 Å². The third-order valence-corrected chi connectivity index (χ3v) is 4.00. The highest BCUT2D eigenvalue weighted by molar-refractivity contribution is 5.80. The molecule has 1 aliphatic rings. The first kappa shape index (κ1) is 16.8. The number of rotatable bonds is 7. The van der Waals surface area contributed by atoms with Gasteiger partial charge in [-0.3, -0.25) is 9.69 Å². The molecule has 20 heavy (non-hydrogen) atoms. The van der Waals surface area contributed by atoms with Crippen LogP contribution in [0.3, 0.4) is 0 Å². The van der Waals surface area contributed by atoms with Crippen molar-refractivity contribution >= 4 is 12.0 Å². The van der Waals surface area contributed by atoms with Gasteiger partial charge in [-0.2, -0.15) is 0 Å². The van der Waals surface area contributed by atoms with Gasteiger partial charge in [-0.1, -0.05) is 6.92 Å². The molecule has 6 nitrogen and oxygen atoms in total. The minimum absolute atomic E-state index is 0.0757. The molecule has 2 N–H and O–H groups in total. The molecule has 1 fully saturated rings. The fraction of sp³-hybridized carbons (Fsp3) is 0.857. The summed E-state index contributed by atoms with van der Waals surface area (Å²) in [5, 5.41) is 11.8. The Labute approximate surface area is 121 Å². The number of urea groups is 1. The fourth-order valence-corrected chi connectivity index (χ4v) is 2.44. The lowest BCUT2D eigenvalue weighted by atomic mass is 10.2. The predicted molar refractivity (Wildman–Crippen MR) is 77.8 cm³/mol. The summed E-state index contributed by atoms with van der Waals surface area (Å²) in [7, 11) is 0. The number of carboxylic acids is 1. The molecular weight excluding hydrogens is 258 g/mol. The lowest BCUT2D eigenvalue weighted by Gasteiger charge is -2.29. The summed E-state index contributed by atoms with van der Waals surface area (Å²) >= 11 is 0. The maximum Gasteiger partial charge on any atom is 0.323 e. The van der Waals surface area contributed by atoms with Gasteiger partial charge in [0.15, 0.2) is 0 Å². The molecule has 0 spiro atoms. The minimum Gasteiger partial charge on any atom is -0.480 e. The van der Waals surface area contributed by atoms with E-state index in [1.165, 1.54) is 17.7 Å². The summed E-state index contributed by atoms with van der Waals surface area (Å²) in [6, 6.07) is -0.0638. The topological polar surface area (TPSA) is 72.9 Å². The van der Waals surface area contributed by atoms with Crippen molar-refractivity contribution in [1.29, 1.82) is 0 Å². The first-order valence-electron chi connectivity index (χ1n) is 7.46. The van der Waals surface area contributed by atoms with Gasteiger partial charge in [0, 0.05) is 18.6 Å². The zero-order valence-corrected chi connectivity index (χ0v) is 12.8. The van der Waals surface area contributed by atoms with Crippen LogP contribution < -0.4 is 5.32 Å². The van der Waals surface area contributed by atoms with Gasteiger partial charge in [0.2, 0.25) is 0 Å². The van der Waals surface area contributed by atoms with Crippen molar-refractivity contribution in [3.63, 3.8) is 0 Å². The smallest absolute Gasteiger partial charge is 0.323 e. The van der Waals surface area contributed by atoms with E-state index in [4.69, 9.17) is 5.11 Å². The Morgan fingerprint density at radius 3 is 2.40 bits per heavy atom. The Hall–Kier alpha value is -1.30. The lowest BCUT2D eigenvalue weighted by molar-refractivity contribution is -0.138. The summed E-state index contributed by atoms with van der Waals surface area (Å²) in [5.74, 6) is -0.979. The summed E-state index contributed by atoms with van der Waals surface area (Å²) in [4.78, 5) is 26.7. The molecule has 1 rings (SSSR count). The Morgan fingerprint density at radius 1 is 1.30 bits per heavy atom. The summed E-state index contributed by atoms with van der Waals surface area (Å²) < 4.78 is 0. The Balaban J connectivity index is 2.46. The lowest BCUT2D eigenvalue weighted by Crippen LogP contribution is -2.50. The molecule has 116 valence electrons. The number of hydrogen-bond donors (Lipinski definition) is 2. The van der Waals surface area contributed by atoms with Crippen LogP contribution in [0.1, 0.15) is 40.0 Å². The molecule has 0 bridgehead atoms. The number of likely N-dealkylation sites (tertiary alicyclic amines) is 1. The molecular formula is C14H27N3O3. The van der Waals surface area contributed by atoms with Gasteiger partial charge < -0.3 is 15.3 Å². The van der Waals surface area contributed by atoms with E-state index in [2.05, 4.69) is 17.1 Å². The minimum atomic E-state index is -0.979. The summed E-state index contributed by atoms with van der Waals surface area (Å²) in [6.45, 7) is 8.38. The van der Waals surface area contributed by atoms with E-state index in [9.17, 15) is 9.59 Å². The van der Waals surface area contributed by atoms with Gasteiger partial charge in [0.1, 0.15) is 6.54 Å². The number of hydrogen-bond acceptors (Lipinski definition) is 3. The molecule has 0 aliphatic carbocycles. The molecule has 0 saturated carbocycles. The molecule has 0 aromatic heterocycles. The van der Waals surface area contributed by atoms with Crippen molar-refractivity contribution in [2.75, 3.05) is 26.2 Å². The van der Waals surface area contributed by atoms with Crippen molar-refractivity contribution in [2.45, 2.75) is 52.1 Å². The molecule has 0 radical (unpaired) electrons. The van der Waals surface area contributed by atoms with Crippen molar-refractivity contribution < 1.29 is 14.7 Å². The van der Waals surface area contributed by atoms with Gasteiger partial charge in [-0.05, 0) is 46.2 Å². The Kier molecular flexibility index (Phi) is 6.78. The van der Waals surface area contributed by atoms with Gasteiger partial charge in [-0.25, -0.2) is 4.79 Å². The van der Waals surface area contributed by atoms with Gasteiger partial charge >= 0.3 is 12.0 Å². The van der Waals surface area contributed by atoms with Gasteiger partial charge in [-0.15, -0.1) is 0 Å². The molecule has 1 aliphatic heterocycles. The van der Waals surface area contributed by atoms with E-state index in [-0.39, 0.29) is 18.6 Å². The summed E-state index contributed by atoms with van der Waals surface area (Å²) in [6.07, 6.45) is 3.18. The highest BCUT2D eigenvalue weighted by Crippen LogP contribution is 2.11. The molecule has 2 amide bonds. The second-order valence-corrected chi connectivity index (χ2v) is 5.56. The standard InChI is InChI=1S/C14H27N3O3/c1-4-11(2)17(10-13(18)19)14(20)15-9-12(3)16-7-5-6-8-16/h11-12H,4-10H2,1-3H3,(H,15,20)(H,18,19). The second-order valence-electron chi connectivity index (χ2n) is 5.56. The van der Waals surface area contributed by atoms with Crippen LogP contribution in [0.25, 0.3) is 0 Å². The SMILES string of the molecule is CCC(C)N(CC(=O)O)C(=O)NCC(C)N1CCCC1. The normalized spacial score (nSPS) is 18.6. The first-order chi connectivity index (χ1) is 9.45. The molecule has 6 heteroatoms. The van der Waals surface area contributed by atoms with Gasteiger partial charge in [0.05, 0.1) is 0 Å². The van der Waals surface area contributed by atoms with E-state index in [1.54, 1.807) is 0 Å². The van der Waals surface area contributed by atoms with E-state index in [1.807, 2.05) is 13.8 Å². The molecule has 0 aromatic rings. The molecule has 0 aromatic carbocycles. The van der Waals surface area contributed by atoms with Crippen LogP contribution in [0.15, 0.2) is 0 Å². The number of carbonyl (C=O) groups is 2. The Bertz CT molecular complexity index is 330. The van der Waals surface area contributed by atoms with Crippen LogP contribution in [-0.2, 0) is 4.79 Å². The maximum absolute atomic E-state index is 12.1. The average molecular weight is 285 g/mol. The van der Waals surface area contributed by atoms with Crippen LogP contribution in [0.4, 0.5) is 4.79 Å². The van der Waals surface area contributed by atoms with Crippen LogP contribution in [0.5, 0.6) is 0 Å². The number of amides is 2. The highest BCUT2D eigenvalue weighted by atomic mass is 16.4. The molecule has 1 heterocycles. The zero-order chi connectivity index (χ0) is 15.1. The van der Waals surface area contributed by atoms with Gasteiger partial charge in [0.25, 0.3) is 0 Å². The molecule has 2 unspecified atom stereocenters. The Morgan fingerprint density at radius 2 is 1.90 bits per heavy atom. The van der Waals surface area contributed by atoms with Crippen molar-refractivity contribution in [3.05, 3.63) is 0 Å². The maximum atomic E-state index is 12.1. The quantitative estimate of drug-likeness (QED) is 0.741. The largest absolute Gasteiger partial charge is 0.480 e. The molecule has 1 saturated heterocycles.